The Morgan fingerprint density at radius 1 is 1.15 bits per heavy atom. The number of hydrogen-bond donors (Lipinski definition) is 1. The maximum absolute atomic E-state index is 4.74. The molecule has 2 fully saturated rings. The van der Waals surface area contributed by atoms with Crippen molar-refractivity contribution in [2.45, 2.75) is 51.0 Å². The Morgan fingerprint density at radius 2 is 1.88 bits per heavy atom. The first-order valence-electron chi connectivity index (χ1n) is 10.1. The van der Waals surface area contributed by atoms with Gasteiger partial charge in [-0.05, 0) is 25.8 Å². The van der Waals surface area contributed by atoms with Gasteiger partial charge in [-0.25, -0.2) is 4.98 Å². The maximum atomic E-state index is 4.74. The summed E-state index contributed by atoms with van der Waals surface area (Å²) in [6, 6.07) is 4.17. The summed E-state index contributed by atoms with van der Waals surface area (Å²) in [5, 5.41) is 8.25. The van der Waals surface area contributed by atoms with E-state index in [1.54, 1.807) is 0 Å². The van der Waals surface area contributed by atoms with Crippen LogP contribution in [0.3, 0.4) is 0 Å². The lowest BCUT2D eigenvalue weighted by Crippen LogP contribution is -2.58. The molecule has 6 heteroatoms. The monoisotopic (exact) mass is 356 g/mol. The Hall–Kier alpha value is -1.66. The van der Waals surface area contributed by atoms with Crippen molar-refractivity contribution in [1.82, 2.24) is 24.4 Å². The van der Waals surface area contributed by atoms with Crippen LogP contribution in [-0.4, -0.2) is 69.7 Å². The van der Waals surface area contributed by atoms with E-state index in [0.717, 1.165) is 23.7 Å². The predicted octanol–water partition coefficient (Wildman–Crippen LogP) is 2.82. The zero-order valence-corrected chi connectivity index (χ0v) is 16.4. The van der Waals surface area contributed by atoms with E-state index >= 15 is 0 Å². The van der Waals surface area contributed by atoms with Crippen molar-refractivity contribution < 1.29 is 0 Å². The van der Waals surface area contributed by atoms with E-state index < -0.39 is 0 Å². The smallest absolute Gasteiger partial charge is 0.157 e. The molecule has 1 saturated carbocycles. The van der Waals surface area contributed by atoms with Crippen LogP contribution in [0.1, 0.15) is 51.1 Å². The molecule has 1 N–H and O–H groups in total. The second-order valence-corrected chi connectivity index (χ2v) is 8.40. The van der Waals surface area contributed by atoms with Crippen molar-refractivity contribution in [1.29, 1.82) is 0 Å². The van der Waals surface area contributed by atoms with Crippen LogP contribution in [0, 0.1) is 0 Å². The maximum Gasteiger partial charge on any atom is 0.157 e. The first-order chi connectivity index (χ1) is 12.6. The summed E-state index contributed by atoms with van der Waals surface area (Å²) in [6.45, 7) is 10.1. The van der Waals surface area contributed by atoms with Crippen molar-refractivity contribution in [3.05, 3.63) is 24.0 Å². The molecule has 0 unspecified atom stereocenters. The molecule has 2 aromatic heterocycles. The van der Waals surface area contributed by atoms with Gasteiger partial charge >= 0.3 is 0 Å². The second kappa shape index (κ2) is 7.16. The molecule has 2 aromatic rings. The van der Waals surface area contributed by atoms with Gasteiger partial charge in [-0.2, -0.15) is 9.61 Å². The minimum atomic E-state index is 0.294. The zero-order chi connectivity index (χ0) is 18.1. The number of hydrogen-bond acceptors (Lipinski definition) is 5. The average molecular weight is 357 g/mol. The normalized spacial score (nSPS) is 21.7. The van der Waals surface area contributed by atoms with Crippen molar-refractivity contribution >= 4 is 11.5 Å². The zero-order valence-electron chi connectivity index (χ0n) is 16.4. The Labute approximate surface area is 156 Å². The van der Waals surface area contributed by atoms with Gasteiger partial charge in [-0.15, -0.1) is 0 Å². The van der Waals surface area contributed by atoms with Crippen LogP contribution in [0.5, 0.6) is 0 Å². The Kier molecular flexibility index (Phi) is 4.88. The number of rotatable bonds is 5. The average Bonchev–Trinajstić information content (AvgIpc) is 3.30. The van der Waals surface area contributed by atoms with E-state index in [1.165, 1.54) is 51.9 Å². The van der Waals surface area contributed by atoms with Crippen molar-refractivity contribution in [2.24, 2.45) is 0 Å². The molecular formula is C20H32N6. The Balaban J connectivity index is 1.56. The summed E-state index contributed by atoms with van der Waals surface area (Å²) in [7, 11) is 2.23. The lowest BCUT2D eigenvalue weighted by atomic mass is 9.93. The highest BCUT2D eigenvalue weighted by molar-refractivity contribution is 5.49. The lowest BCUT2D eigenvalue weighted by molar-refractivity contribution is 0.0510. The summed E-state index contributed by atoms with van der Waals surface area (Å²) in [5.74, 6) is 1.48. The first kappa shape index (κ1) is 17.7. The fraction of sp³-hybridized carbons (Fsp3) is 0.700. The second-order valence-electron chi connectivity index (χ2n) is 8.40. The summed E-state index contributed by atoms with van der Waals surface area (Å²) < 4.78 is 1.94. The highest BCUT2D eigenvalue weighted by Gasteiger charge is 2.40. The third-order valence-corrected chi connectivity index (χ3v) is 6.28. The highest BCUT2D eigenvalue weighted by atomic mass is 15.3. The van der Waals surface area contributed by atoms with Gasteiger partial charge in [-0.3, -0.25) is 4.90 Å². The molecule has 0 aromatic carbocycles. The van der Waals surface area contributed by atoms with E-state index in [1.807, 2.05) is 16.8 Å². The van der Waals surface area contributed by atoms with Crippen LogP contribution in [0.15, 0.2) is 18.3 Å². The third-order valence-electron chi connectivity index (χ3n) is 6.28. The molecule has 26 heavy (non-hydrogen) atoms. The van der Waals surface area contributed by atoms with Crippen LogP contribution in [-0.2, 0) is 0 Å². The molecule has 142 valence electrons. The molecule has 3 heterocycles. The summed E-state index contributed by atoms with van der Waals surface area (Å²) in [4.78, 5) is 9.93. The predicted molar refractivity (Wildman–Crippen MR) is 106 cm³/mol. The molecule has 0 atom stereocenters. The molecular weight excluding hydrogens is 324 g/mol. The summed E-state index contributed by atoms with van der Waals surface area (Å²) in [5.41, 5.74) is 2.35. The van der Waals surface area contributed by atoms with Crippen LogP contribution in [0.25, 0.3) is 5.65 Å². The molecule has 0 spiro atoms. The molecule has 0 amide bonds. The molecule has 1 aliphatic carbocycles. The van der Waals surface area contributed by atoms with Crippen LogP contribution in [0.2, 0.25) is 0 Å². The number of likely N-dealkylation sites (N-methyl/N-ethyl adjacent to an activating group) is 1. The fourth-order valence-electron chi connectivity index (χ4n) is 4.53. The molecule has 0 bridgehead atoms. The van der Waals surface area contributed by atoms with E-state index in [-0.39, 0.29) is 0 Å². The van der Waals surface area contributed by atoms with E-state index in [4.69, 9.17) is 4.98 Å². The summed E-state index contributed by atoms with van der Waals surface area (Å²) >= 11 is 0. The first-order valence-corrected chi connectivity index (χ1v) is 10.1. The third kappa shape index (κ3) is 3.32. The van der Waals surface area contributed by atoms with Gasteiger partial charge in [0.2, 0.25) is 0 Å². The topological polar surface area (TPSA) is 48.7 Å². The van der Waals surface area contributed by atoms with Crippen LogP contribution >= 0.6 is 0 Å². The SMILES string of the molecule is CC(C)c1cc(NCC2(N3CCN(C)CC3)CCCC2)n2nccc2n1. The lowest BCUT2D eigenvalue weighted by Gasteiger charge is -2.45. The number of anilines is 1. The Morgan fingerprint density at radius 3 is 2.58 bits per heavy atom. The van der Waals surface area contributed by atoms with Gasteiger partial charge < -0.3 is 10.2 Å². The number of nitrogens with zero attached hydrogens (tertiary/aromatic N) is 5. The molecule has 6 nitrogen and oxygen atoms in total. The largest absolute Gasteiger partial charge is 0.368 e. The molecule has 1 saturated heterocycles. The van der Waals surface area contributed by atoms with Crippen molar-refractivity contribution in [3.63, 3.8) is 0 Å². The van der Waals surface area contributed by atoms with Gasteiger partial charge in [0.05, 0.1) is 6.20 Å². The Bertz CT molecular complexity index is 738. The quantitative estimate of drug-likeness (QED) is 0.893. The van der Waals surface area contributed by atoms with Gasteiger partial charge in [0.15, 0.2) is 5.65 Å². The van der Waals surface area contributed by atoms with Crippen molar-refractivity contribution in [2.75, 3.05) is 45.1 Å². The summed E-state index contributed by atoms with van der Waals surface area (Å²) in [6.07, 6.45) is 7.13. The van der Waals surface area contributed by atoms with Gasteiger partial charge in [0.1, 0.15) is 5.82 Å². The van der Waals surface area contributed by atoms with E-state index in [0.29, 0.717) is 11.5 Å². The minimum Gasteiger partial charge on any atom is -0.368 e. The van der Waals surface area contributed by atoms with Gasteiger partial charge in [0, 0.05) is 56.1 Å². The highest BCUT2D eigenvalue weighted by Crippen LogP contribution is 2.36. The standard InChI is InChI=1S/C20H32N6/c1-16(2)17-14-19(26-18(23-17)6-9-22-26)21-15-20(7-4-5-8-20)25-12-10-24(3)11-13-25/h6,9,14,16,21H,4-5,7-8,10-13,15H2,1-3H3. The van der Waals surface area contributed by atoms with Crippen LogP contribution in [0.4, 0.5) is 5.82 Å². The molecule has 4 rings (SSSR count). The number of fused-ring (bicyclic) bond motifs is 1. The fourth-order valence-corrected chi connectivity index (χ4v) is 4.53. The van der Waals surface area contributed by atoms with Crippen molar-refractivity contribution in [3.8, 4) is 0 Å². The van der Waals surface area contributed by atoms with E-state index in [2.05, 4.69) is 47.2 Å². The molecule has 2 aliphatic rings. The van der Waals surface area contributed by atoms with Crippen LogP contribution < -0.4 is 5.32 Å². The number of piperazine rings is 1. The number of nitrogens with one attached hydrogen (secondary N) is 1. The van der Waals surface area contributed by atoms with Gasteiger partial charge in [0.25, 0.3) is 0 Å². The molecule has 1 aliphatic heterocycles. The number of aromatic nitrogens is 3. The van der Waals surface area contributed by atoms with Gasteiger partial charge in [-0.1, -0.05) is 26.7 Å². The van der Waals surface area contributed by atoms with E-state index in [9.17, 15) is 0 Å². The minimum absolute atomic E-state index is 0.294. The molecule has 0 radical (unpaired) electrons.